The Labute approximate surface area is 113 Å². The number of hydrogen-bond acceptors (Lipinski definition) is 5. The number of carboxylic acids is 1. The van der Waals surface area contributed by atoms with Crippen LogP contribution in [0.5, 0.6) is 0 Å². The van der Waals surface area contributed by atoms with Crippen LogP contribution in [0, 0.1) is 5.92 Å². The fourth-order valence-electron chi connectivity index (χ4n) is 2.30. The average Bonchev–Trinajstić information content (AvgIpc) is 2.75. The minimum Gasteiger partial charge on any atom is -0.478 e. The maximum Gasteiger partial charge on any atom is 0.337 e. The van der Waals surface area contributed by atoms with Crippen molar-refractivity contribution >= 4 is 33.1 Å². The maximum atomic E-state index is 12.1. The number of benzene rings is 1. The van der Waals surface area contributed by atoms with E-state index < -0.39 is 15.8 Å². The molecule has 19 heavy (non-hydrogen) atoms. The molecule has 0 bridgehead atoms. The van der Waals surface area contributed by atoms with Crippen LogP contribution in [0.2, 0.25) is 5.02 Å². The first-order valence-corrected chi connectivity index (χ1v) is 7.43. The third-order valence-electron chi connectivity index (χ3n) is 3.17. The summed E-state index contributed by atoms with van der Waals surface area (Å²) in [7, 11) is -3.50. The van der Waals surface area contributed by atoms with Gasteiger partial charge in [0.25, 0.3) is 0 Å². The van der Waals surface area contributed by atoms with Gasteiger partial charge in [0.2, 0.25) is 0 Å². The number of halogens is 1. The first-order valence-electron chi connectivity index (χ1n) is 5.40. The second-order valence-corrected chi connectivity index (χ2v) is 6.74. The summed E-state index contributed by atoms with van der Waals surface area (Å²) in [5.41, 5.74) is 0.430. The number of aromatic carboxylic acids is 1. The van der Waals surface area contributed by atoms with Gasteiger partial charge in [0, 0.05) is 5.56 Å². The number of oxime groups is 1. The van der Waals surface area contributed by atoms with Crippen LogP contribution in [-0.2, 0) is 14.7 Å². The Hall–Kier alpha value is -1.60. The topological polar surface area (TPSA) is 93.0 Å². The molecule has 0 aliphatic carbocycles. The molecule has 6 nitrogen and oxygen atoms in total. The summed E-state index contributed by atoms with van der Waals surface area (Å²) in [6.07, 6.45) is 0. The molecular formula is C11H8ClNO5S. The fraction of sp³-hybridized carbons (Fsp3) is 0.273. The second kappa shape index (κ2) is 3.94. The zero-order valence-electron chi connectivity index (χ0n) is 9.46. The van der Waals surface area contributed by atoms with Crippen molar-refractivity contribution in [3.05, 3.63) is 28.3 Å². The number of carbonyl (C=O) groups is 1. The fourth-order valence-corrected chi connectivity index (χ4v) is 4.46. The van der Waals surface area contributed by atoms with Crippen molar-refractivity contribution < 1.29 is 23.2 Å². The second-order valence-electron chi connectivity index (χ2n) is 4.36. The third kappa shape index (κ3) is 1.73. The largest absolute Gasteiger partial charge is 0.478 e. The minimum atomic E-state index is -3.50. The number of rotatable bonds is 1. The highest BCUT2D eigenvalue weighted by atomic mass is 35.5. The summed E-state index contributed by atoms with van der Waals surface area (Å²) in [6, 6.07) is 2.45. The zero-order valence-corrected chi connectivity index (χ0v) is 11.0. The van der Waals surface area contributed by atoms with Gasteiger partial charge in [0.15, 0.2) is 9.84 Å². The van der Waals surface area contributed by atoms with Crippen LogP contribution in [-0.4, -0.2) is 37.6 Å². The molecule has 1 unspecified atom stereocenters. The van der Waals surface area contributed by atoms with E-state index in [1.807, 2.05) is 0 Å². The Morgan fingerprint density at radius 1 is 1.47 bits per heavy atom. The lowest BCUT2D eigenvalue weighted by atomic mass is 9.97. The number of nitrogens with zero attached hydrogens (tertiary/aromatic N) is 1. The molecular weight excluding hydrogens is 294 g/mol. The van der Waals surface area contributed by atoms with Crippen LogP contribution in [0.4, 0.5) is 0 Å². The van der Waals surface area contributed by atoms with Gasteiger partial charge in [0.1, 0.15) is 6.61 Å². The molecule has 2 aliphatic rings. The lowest BCUT2D eigenvalue weighted by molar-refractivity contribution is 0.0697. The van der Waals surface area contributed by atoms with Gasteiger partial charge in [-0.15, -0.1) is 0 Å². The zero-order chi connectivity index (χ0) is 13.8. The molecule has 0 aromatic heterocycles. The first-order chi connectivity index (χ1) is 8.92. The Bertz CT molecular complexity index is 725. The van der Waals surface area contributed by atoms with Crippen LogP contribution in [0.15, 0.2) is 22.2 Å². The predicted molar refractivity (Wildman–Crippen MR) is 66.4 cm³/mol. The molecule has 8 heteroatoms. The lowest BCUT2D eigenvalue weighted by Gasteiger charge is -2.22. The van der Waals surface area contributed by atoms with Crippen LogP contribution >= 0.6 is 11.6 Å². The smallest absolute Gasteiger partial charge is 0.337 e. The van der Waals surface area contributed by atoms with Gasteiger partial charge >= 0.3 is 5.97 Å². The van der Waals surface area contributed by atoms with E-state index in [0.717, 1.165) is 0 Å². The molecule has 1 aromatic carbocycles. The van der Waals surface area contributed by atoms with Crippen molar-refractivity contribution in [2.24, 2.45) is 11.1 Å². The van der Waals surface area contributed by atoms with Gasteiger partial charge in [-0.1, -0.05) is 16.8 Å². The van der Waals surface area contributed by atoms with E-state index in [2.05, 4.69) is 5.16 Å². The van der Waals surface area contributed by atoms with Crippen LogP contribution < -0.4 is 0 Å². The van der Waals surface area contributed by atoms with Crippen molar-refractivity contribution in [2.75, 3.05) is 12.4 Å². The monoisotopic (exact) mass is 301 g/mol. The van der Waals surface area contributed by atoms with Gasteiger partial charge in [-0.3, -0.25) is 0 Å². The van der Waals surface area contributed by atoms with E-state index in [1.54, 1.807) is 0 Å². The molecule has 0 radical (unpaired) electrons. The molecule has 1 atom stereocenters. The van der Waals surface area contributed by atoms with E-state index in [0.29, 0.717) is 5.71 Å². The van der Waals surface area contributed by atoms with Crippen LogP contribution in [0.25, 0.3) is 0 Å². The van der Waals surface area contributed by atoms with Crippen molar-refractivity contribution in [1.29, 1.82) is 0 Å². The van der Waals surface area contributed by atoms with Gasteiger partial charge in [-0.05, 0) is 12.1 Å². The van der Waals surface area contributed by atoms with Gasteiger partial charge in [-0.25, -0.2) is 13.2 Å². The molecule has 0 saturated carbocycles. The Kier molecular flexibility index (Phi) is 2.58. The third-order valence-corrected chi connectivity index (χ3v) is 5.42. The van der Waals surface area contributed by atoms with E-state index in [9.17, 15) is 13.2 Å². The predicted octanol–water partition coefficient (Wildman–Crippen LogP) is 1.18. The first kappa shape index (κ1) is 12.4. The number of carboxylic acid groups (broad SMARTS) is 1. The lowest BCUT2D eigenvalue weighted by Crippen LogP contribution is -2.32. The number of sulfone groups is 1. The van der Waals surface area contributed by atoms with Crippen LogP contribution in [0.1, 0.15) is 15.9 Å². The molecule has 100 valence electrons. The highest BCUT2D eigenvalue weighted by Gasteiger charge is 2.41. The van der Waals surface area contributed by atoms with E-state index >= 15 is 0 Å². The summed E-state index contributed by atoms with van der Waals surface area (Å²) >= 11 is 6.03. The molecule has 3 rings (SSSR count). The van der Waals surface area contributed by atoms with Crippen molar-refractivity contribution in [1.82, 2.24) is 0 Å². The van der Waals surface area contributed by atoms with E-state index in [4.69, 9.17) is 21.5 Å². The molecule has 1 N–H and O–H groups in total. The molecule has 1 aromatic rings. The summed E-state index contributed by atoms with van der Waals surface area (Å²) in [6.45, 7) is 0.168. The SMILES string of the molecule is O=C(O)c1ccc2c(c1Cl)C1=NOCC1CS2(=O)=O. The van der Waals surface area contributed by atoms with Crippen molar-refractivity contribution in [2.45, 2.75) is 4.90 Å². The highest BCUT2D eigenvalue weighted by Crippen LogP contribution is 2.37. The summed E-state index contributed by atoms with van der Waals surface area (Å²) < 4.78 is 24.3. The normalized spacial score (nSPS) is 23.0. The van der Waals surface area contributed by atoms with E-state index in [-0.39, 0.29) is 39.3 Å². The molecule has 0 saturated heterocycles. The Morgan fingerprint density at radius 2 is 2.21 bits per heavy atom. The van der Waals surface area contributed by atoms with Crippen LogP contribution in [0.3, 0.4) is 0 Å². The quantitative estimate of drug-likeness (QED) is 0.840. The average molecular weight is 302 g/mol. The summed E-state index contributed by atoms with van der Waals surface area (Å²) in [5.74, 6) is -1.70. The van der Waals surface area contributed by atoms with Gasteiger partial charge in [0.05, 0.1) is 32.9 Å². The number of hydrogen-bond donors (Lipinski definition) is 1. The highest BCUT2D eigenvalue weighted by molar-refractivity contribution is 7.91. The summed E-state index contributed by atoms with van der Waals surface area (Å²) in [5, 5.41) is 12.7. The minimum absolute atomic E-state index is 0.0167. The number of fused-ring (bicyclic) bond motifs is 3. The molecule has 0 fully saturated rings. The molecule has 0 amide bonds. The van der Waals surface area contributed by atoms with Gasteiger partial charge < -0.3 is 9.94 Å². The molecule has 2 heterocycles. The maximum absolute atomic E-state index is 12.1. The van der Waals surface area contributed by atoms with Gasteiger partial charge in [-0.2, -0.15) is 0 Å². The summed E-state index contributed by atoms with van der Waals surface area (Å²) in [4.78, 5) is 16.0. The van der Waals surface area contributed by atoms with E-state index in [1.165, 1.54) is 12.1 Å². The molecule has 2 aliphatic heterocycles. The van der Waals surface area contributed by atoms with Crippen molar-refractivity contribution in [3.8, 4) is 0 Å². The standard InChI is InChI=1S/C11H8ClNO5S/c12-9-6(11(14)15)1-2-7-8(9)10-5(3-18-13-10)4-19(7,16)17/h1-2,5H,3-4H2,(H,14,15). The Morgan fingerprint density at radius 3 is 2.89 bits per heavy atom. The molecule has 0 spiro atoms. The Balaban J connectivity index is 2.36. The van der Waals surface area contributed by atoms with Crippen molar-refractivity contribution in [3.63, 3.8) is 0 Å².